The van der Waals surface area contributed by atoms with Crippen LogP contribution in [0.2, 0.25) is 0 Å². The molecular formula is C8H9N5OS. The Labute approximate surface area is 90.1 Å². The summed E-state index contributed by atoms with van der Waals surface area (Å²) in [6, 6.07) is 0. The number of carbonyl (C=O) groups excluding carboxylic acids is 1. The van der Waals surface area contributed by atoms with Crippen LogP contribution in [0.4, 0.5) is 0 Å². The largest absolute Gasteiger partial charge is 0.293 e. The highest BCUT2D eigenvalue weighted by molar-refractivity contribution is 7.07. The monoisotopic (exact) mass is 223 g/mol. The summed E-state index contributed by atoms with van der Waals surface area (Å²) in [6.07, 6.45) is 3.18. The standard InChI is InChI=1S/C8H9N5OS/c1-2-13-8(9-5-11-13)3-6(14)7-4-10-12-15-7/h4-5H,2-3H2,1H3. The van der Waals surface area contributed by atoms with Gasteiger partial charge in [-0.2, -0.15) is 5.10 Å². The number of hydrogen-bond acceptors (Lipinski definition) is 6. The molecule has 0 radical (unpaired) electrons. The summed E-state index contributed by atoms with van der Waals surface area (Å²) >= 11 is 1.10. The lowest BCUT2D eigenvalue weighted by Crippen LogP contribution is -2.09. The van der Waals surface area contributed by atoms with Gasteiger partial charge in [0, 0.05) is 6.54 Å². The van der Waals surface area contributed by atoms with Gasteiger partial charge < -0.3 is 0 Å². The van der Waals surface area contributed by atoms with Gasteiger partial charge in [-0.15, -0.1) is 5.10 Å². The van der Waals surface area contributed by atoms with E-state index in [9.17, 15) is 4.79 Å². The Balaban J connectivity index is 2.13. The van der Waals surface area contributed by atoms with Crippen LogP contribution in [0.25, 0.3) is 0 Å². The molecule has 7 heteroatoms. The molecule has 15 heavy (non-hydrogen) atoms. The number of nitrogens with zero attached hydrogens (tertiary/aromatic N) is 5. The quantitative estimate of drug-likeness (QED) is 0.709. The van der Waals surface area contributed by atoms with Gasteiger partial charge in [-0.3, -0.25) is 4.79 Å². The third-order valence-corrected chi connectivity index (χ3v) is 2.66. The van der Waals surface area contributed by atoms with Crippen molar-refractivity contribution in [3.63, 3.8) is 0 Å². The Morgan fingerprint density at radius 1 is 1.60 bits per heavy atom. The highest BCUT2D eigenvalue weighted by Crippen LogP contribution is 2.07. The first-order chi connectivity index (χ1) is 7.31. The summed E-state index contributed by atoms with van der Waals surface area (Å²) in [5, 5.41) is 7.61. The van der Waals surface area contributed by atoms with E-state index in [0.29, 0.717) is 17.2 Å². The van der Waals surface area contributed by atoms with E-state index < -0.39 is 0 Å². The average Bonchev–Trinajstić information content (AvgIpc) is 2.87. The van der Waals surface area contributed by atoms with Gasteiger partial charge in [0.2, 0.25) is 0 Å². The van der Waals surface area contributed by atoms with Gasteiger partial charge >= 0.3 is 0 Å². The van der Waals surface area contributed by atoms with E-state index in [1.54, 1.807) is 4.68 Å². The van der Waals surface area contributed by atoms with E-state index in [0.717, 1.165) is 11.5 Å². The molecule has 6 nitrogen and oxygen atoms in total. The first-order valence-electron chi connectivity index (χ1n) is 4.48. The van der Waals surface area contributed by atoms with Crippen molar-refractivity contribution in [3.8, 4) is 0 Å². The predicted molar refractivity (Wildman–Crippen MR) is 53.6 cm³/mol. The van der Waals surface area contributed by atoms with Crippen LogP contribution in [-0.4, -0.2) is 30.1 Å². The van der Waals surface area contributed by atoms with Crippen LogP contribution in [-0.2, 0) is 13.0 Å². The smallest absolute Gasteiger partial charge is 0.183 e. The summed E-state index contributed by atoms with van der Waals surface area (Å²) in [4.78, 5) is 16.3. The molecule has 0 atom stereocenters. The molecule has 0 amide bonds. The Morgan fingerprint density at radius 2 is 2.47 bits per heavy atom. The van der Waals surface area contributed by atoms with Crippen molar-refractivity contribution in [2.45, 2.75) is 19.9 Å². The first-order valence-corrected chi connectivity index (χ1v) is 5.26. The highest BCUT2D eigenvalue weighted by atomic mass is 32.1. The highest BCUT2D eigenvalue weighted by Gasteiger charge is 2.13. The van der Waals surface area contributed by atoms with E-state index >= 15 is 0 Å². The maximum atomic E-state index is 11.7. The van der Waals surface area contributed by atoms with Crippen LogP contribution < -0.4 is 0 Å². The zero-order chi connectivity index (χ0) is 10.7. The molecule has 2 aromatic rings. The number of ketones is 1. The van der Waals surface area contributed by atoms with Crippen molar-refractivity contribution in [3.05, 3.63) is 23.2 Å². The summed E-state index contributed by atoms with van der Waals surface area (Å²) in [5.74, 6) is 0.656. The molecule has 0 bridgehead atoms. The molecule has 0 aliphatic carbocycles. The molecule has 0 unspecified atom stereocenters. The number of rotatable bonds is 4. The molecule has 2 rings (SSSR count). The van der Waals surface area contributed by atoms with Crippen LogP contribution in [0, 0.1) is 0 Å². The maximum Gasteiger partial charge on any atom is 0.183 e. The van der Waals surface area contributed by atoms with Gasteiger partial charge in [-0.05, 0) is 18.5 Å². The van der Waals surface area contributed by atoms with Gasteiger partial charge in [0.25, 0.3) is 0 Å². The molecule has 78 valence electrons. The second-order valence-corrected chi connectivity index (χ2v) is 3.66. The summed E-state index contributed by atoms with van der Waals surface area (Å²) in [6.45, 7) is 2.67. The van der Waals surface area contributed by atoms with Crippen LogP contribution in [0.1, 0.15) is 22.4 Å². The van der Waals surface area contributed by atoms with E-state index in [1.807, 2.05) is 6.92 Å². The second-order valence-electron chi connectivity index (χ2n) is 2.87. The van der Waals surface area contributed by atoms with Gasteiger partial charge in [-0.1, -0.05) is 4.49 Å². The van der Waals surface area contributed by atoms with E-state index in [1.165, 1.54) is 12.5 Å². The van der Waals surface area contributed by atoms with Crippen LogP contribution in [0.15, 0.2) is 12.5 Å². The lowest BCUT2D eigenvalue weighted by Gasteiger charge is -1.99. The summed E-state index contributed by atoms with van der Waals surface area (Å²) in [5.41, 5.74) is 0. The summed E-state index contributed by atoms with van der Waals surface area (Å²) in [7, 11) is 0. The molecule has 0 saturated heterocycles. The van der Waals surface area contributed by atoms with Crippen LogP contribution in [0.3, 0.4) is 0 Å². The van der Waals surface area contributed by atoms with E-state index in [-0.39, 0.29) is 12.2 Å². The molecule has 0 spiro atoms. The SMILES string of the molecule is CCn1ncnc1CC(=O)c1cnns1. The molecule has 0 aliphatic rings. The summed E-state index contributed by atoms with van der Waals surface area (Å²) < 4.78 is 5.34. The van der Waals surface area contributed by atoms with Crippen molar-refractivity contribution >= 4 is 17.3 Å². The van der Waals surface area contributed by atoms with Crippen molar-refractivity contribution in [1.82, 2.24) is 24.4 Å². The zero-order valence-electron chi connectivity index (χ0n) is 8.12. The molecule has 0 N–H and O–H groups in total. The molecule has 0 saturated carbocycles. The Bertz CT molecular complexity index is 449. The van der Waals surface area contributed by atoms with Crippen LogP contribution >= 0.6 is 11.5 Å². The second kappa shape index (κ2) is 4.26. The number of aryl methyl sites for hydroxylation is 1. The van der Waals surface area contributed by atoms with Gasteiger partial charge in [-0.25, -0.2) is 9.67 Å². The third kappa shape index (κ3) is 2.07. The first kappa shape index (κ1) is 9.91. The fourth-order valence-corrected chi connectivity index (χ4v) is 1.66. The zero-order valence-corrected chi connectivity index (χ0v) is 8.94. The maximum absolute atomic E-state index is 11.7. The molecule has 2 heterocycles. The molecule has 2 aromatic heterocycles. The van der Waals surface area contributed by atoms with Crippen molar-refractivity contribution in [1.29, 1.82) is 0 Å². The molecule has 0 fully saturated rings. The number of Topliss-reactive ketones (excluding diaryl/α,β-unsaturated/α-hetero) is 1. The third-order valence-electron chi connectivity index (χ3n) is 1.95. The molecule has 0 aliphatic heterocycles. The van der Waals surface area contributed by atoms with Gasteiger partial charge in [0.15, 0.2) is 5.78 Å². The molecule has 0 aromatic carbocycles. The Kier molecular flexibility index (Phi) is 2.82. The minimum atomic E-state index is -0.0206. The minimum absolute atomic E-state index is 0.0206. The van der Waals surface area contributed by atoms with E-state index in [2.05, 4.69) is 19.7 Å². The van der Waals surface area contributed by atoms with Gasteiger partial charge in [0.1, 0.15) is 17.0 Å². The topological polar surface area (TPSA) is 73.6 Å². The Hall–Kier alpha value is -1.63. The van der Waals surface area contributed by atoms with Gasteiger partial charge in [0.05, 0.1) is 12.6 Å². The van der Waals surface area contributed by atoms with E-state index in [4.69, 9.17) is 0 Å². The average molecular weight is 223 g/mol. The lowest BCUT2D eigenvalue weighted by atomic mass is 10.2. The predicted octanol–water partition coefficient (Wildman–Crippen LogP) is 0.575. The number of aromatic nitrogens is 5. The van der Waals surface area contributed by atoms with Crippen LogP contribution in [0.5, 0.6) is 0 Å². The molecular weight excluding hydrogens is 214 g/mol. The minimum Gasteiger partial charge on any atom is -0.293 e. The number of hydrogen-bond donors (Lipinski definition) is 0. The Morgan fingerprint density at radius 3 is 3.13 bits per heavy atom. The van der Waals surface area contributed by atoms with Crippen molar-refractivity contribution in [2.24, 2.45) is 0 Å². The number of carbonyl (C=O) groups is 1. The fourth-order valence-electron chi connectivity index (χ4n) is 1.21. The lowest BCUT2D eigenvalue weighted by molar-refractivity contribution is 0.0993. The fraction of sp³-hybridized carbons (Fsp3) is 0.375. The van der Waals surface area contributed by atoms with Crippen molar-refractivity contribution in [2.75, 3.05) is 0 Å². The normalized spacial score (nSPS) is 10.5. The van der Waals surface area contributed by atoms with Crippen molar-refractivity contribution < 1.29 is 4.79 Å².